The summed E-state index contributed by atoms with van der Waals surface area (Å²) < 4.78 is 35.1. The number of aromatic nitrogens is 5. The minimum atomic E-state index is -0.652. The van der Waals surface area contributed by atoms with Gasteiger partial charge in [-0.2, -0.15) is 5.10 Å². The van der Waals surface area contributed by atoms with Crippen molar-refractivity contribution in [1.82, 2.24) is 24.7 Å². The van der Waals surface area contributed by atoms with Crippen molar-refractivity contribution in [1.29, 1.82) is 0 Å². The summed E-state index contributed by atoms with van der Waals surface area (Å²) in [5.41, 5.74) is 3.47. The van der Waals surface area contributed by atoms with E-state index in [-0.39, 0.29) is 11.5 Å². The number of benzene rings is 1. The molecule has 1 aliphatic carbocycles. The van der Waals surface area contributed by atoms with E-state index < -0.39 is 11.6 Å². The molecule has 4 heterocycles. The summed E-state index contributed by atoms with van der Waals surface area (Å²) in [6, 6.07) is 8.14. The van der Waals surface area contributed by atoms with E-state index in [4.69, 9.17) is 9.72 Å². The van der Waals surface area contributed by atoms with Gasteiger partial charge in [-0.3, -0.25) is 9.67 Å². The molecule has 0 spiro atoms. The van der Waals surface area contributed by atoms with Crippen LogP contribution in [0.25, 0.3) is 22.3 Å². The van der Waals surface area contributed by atoms with Crippen LogP contribution in [0.4, 0.5) is 8.78 Å². The summed E-state index contributed by atoms with van der Waals surface area (Å²) in [7, 11) is 0. The van der Waals surface area contributed by atoms with Crippen LogP contribution in [0.3, 0.4) is 0 Å². The van der Waals surface area contributed by atoms with Crippen LogP contribution in [0.5, 0.6) is 0 Å². The lowest BCUT2D eigenvalue weighted by atomic mass is 9.95. The Morgan fingerprint density at radius 3 is 2.55 bits per heavy atom. The molecule has 0 amide bonds. The monoisotopic (exact) mass is 449 g/mol. The average molecular weight is 450 g/mol. The van der Waals surface area contributed by atoms with Crippen molar-refractivity contribution in [3.05, 3.63) is 71.9 Å². The maximum absolute atomic E-state index is 14.4. The van der Waals surface area contributed by atoms with Crippen LogP contribution >= 0.6 is 0 Å². The maximum atomic E-state index is 14.4. The van der Waals surface area contributed by atoms with E-state index in [9.17, 15) is 8.78 Å². The second kappa shape index (κ2) is 9.31. The van der Waals surface area contributed by atoms with Crippen LogP contribution in [0.1, 0.15) is 49.0 Å². The molecule has 0 atom stereocenters. The highest BCUT2D eigenvalue weighted by Crippen LogP contribution is 2.34. The lowest BCUT2D eigenvalue weighted by molar-refractivity contribution is 0.0845. The smallest absolute Gasteiger partial charge is 0.135 e. The van der Waals surface area contributed by atoms with Gasteiger partial charge >= 0.3 is 0 Å². The normalized spacial score (nSPS) is 16.5. The fourth-order valence-electron chi connectivity index (χ4n) is 4.04. The Hall–Kier alpha value is -3.26. The molecule has 0 N–H and O–H groups in total. The van der Waals surface area contributed by atoms with Gasteiger partial charge in [-0.25, -0.2) is 18.7 Å². The van der Waals surface area contributed by atoms with Crippen LogP contribution in [-0.4, -0.2) is 37.9 Å². The second-order valence-corrected chi connectivity index (χ2v) is 8.50. The Labute approximate surface area is 190 Å². The van der Waals surface area contributed by atoms with Gasteiger partial charge in [0.15, 0.2) is 0 Å². The van der Waals surface area contributed by atoms with E-state index in [0.717, 1.165) is 36.3 Å². The van der Waals surface area contributed by atoms with Gasteiger partial charge in [-0.05, 0) is 56.9 Å². The molecule has 33 heavy (non-hydrogen) atoms. The molecule has 8 heteroatoms. The third-order valence-corrected chi connectivity index (χ3v) is 5.94. The van der Waals surface area contributed by atoms with Crippen LogP contribution < -0.4 is 0 Å². The second-order valence-electron chi connectivity index (χ2n) is 8.50. The third-order valence-electron chi connectivity index (χ3n) is 5.94. The molecule has 3 aromatic heterocycles. The summed E-state index contributed by atoms with van der Waals surface area (Å²) in [6.07, 6.45) is 9.86. The largest absolute Gasteiger partial charge is 0.381 e. The lowest BCUT2D eigenvalue weighted by Crippen LogP contribution is -2.15. The Balaban J connectivity index is 0.000000238. The number of nitrogens with zero attached hydrogens (tertiary/aromatic N) is 5. The minimum absolute atomic E-state index is 0.235. The highest BCUT2D eigenvalue weighted by atomic mass is 19.1. The molecule has 0 unspecified atom stereocenters. The Kier molecular flexibility index (Phi) is 6.09. The summed E-state index contributed by atoms with van der Waals surface area (Å²) in [5.74, 6) is -1.03. The molecule has 1 saturated carbocycles. The Morgan fingerprint density at radius 1 is 1.03 bits per heavy atom. The zero-order valence-electron chi connectivity index (χ0n) is 18.4. The van der Waals surface area contributed by atoms with Gasteiger partial charge in [0.2, 0.25) is 0 Å². The van der Waals surface area contributed by atoms with Crippen molar-refractivity contribution >= 4 is 11.0 Å². The van der Waals surface area contributed by atoms with E-state index >= 15 is 0 Å². The zero-order chi connectivity index (χ0) is 22.8. The van der Waals surface area contributed by atoms with E-state index in [2.05, 4.69) is 15.1 Å². The first-order valence-electron chi connectivity index (χ1n) is 11.2. The van der Waals surface area contributed by atoms with Gasteiger partial charge in [0.25, 0.3) is 0 Å². The Morgan fingerprint density at radius 2 is 1.85 bits per heavy atom. The molecule has 1 aliphatic heterocycles. The molecule has 2 fully saturated rings. The zero-order valence-corrected chi connectivity index (χ0v) is 18.4. The van der Waals surface area contributed by atoms with E-state index in [0.29, 0.717) is 29.9 Å². The number of hydrogen-bond acceptors (Lipinski definition) is 5. The molecule has 0 radical (unpaired) electrons. The van der Waals surface area contributed by atoms with Crippen LogP contribution in [0.2, 0.25) is 0 Å². The molecule has 2 aliphatic rings. The predicted octanol–water partition coefficient (Wildman–Crippen LogP) is 5.39. The lowest BCUT2D eigenvalue weighted by Gasteiger charge is -2.22. The minimum Gasteiger partial charge on any atom is -0.381 e. The number of hydrogen-bond donors (Lipinski definition) is 0. The van der Waals surface area contributed by atoms with Crippen LogP contribution in [0.15, 0.2) is 48.9 Å². The van der Waals surface area contributed by atoms with Gasteiger partial charge in [-0.15, -0.1) is 0 Å². The number of rotatable bonds is 3. The fraction of sp³-hybridized carbons (Fsp3) is 0.360. The van der Waals surface area contributed by atoms with Crippen LogP contribution in [0, 0.1) is 18.6 Å². The topological polar surface area (TPSA) is 65.7 Å². The number of aryl methyl sites for hydroxylation is 1. The number of pyridine rings is 1. The van der Waals surface area contributed by atoms with Crippen molar-refractivity contribution < 1.29 is 13.5 Å². The molecule has 0 bridgehead atoms. The highest BCUT2D eigenvalue weighted by Gasteiger charge is 2.23. The SMILES string of the molecule is Cc1cnc2c(-c3ccc(F)cc3F)nc(C3CCOCC3)cc2n1.c1cnn(C2CC2)c1. The van der Waals surface area contributed by atoms with E-state index in [1.54, 1.807) is 6.20 Å². The summed E-state index contributed by atoms with van der Waals surface area (Å²) in [4.78, 5) is 13.6. The highest BCUT2D eigenvalue weighted by molar-refractivity contribution is 5.89. The average Bonchev–Trinajstić information content (AvgIpc) is 3.53. The van der Waals surface area contributed by atoms with Crippen molar-refractivity contribution in [3.8, 4) is 11.3 Å². The Bertz CT molecular complexity index is 1250. The van der Waals surface area contributed by atoms with Gasteiger partial charge in [-0.1, -0.05) is 0 Å². The summed E-state index contributed by atoms with van der Waals surface area (Å²) >= 11 is 0. The summed E-state index contributed by atoms with van der Waals surface area (Å²) in [5, 5.41) is 4.09. The van der Waals surface area contributed by atoms with E-state index in [1.165, 1.54) is 25.0 Å². The fourth-order valence-corrected chi connectivity index (χ4v) is 4.04. The molecule has 1 aromatic carbocycles. The molecule has 1 saturated heterocycles. The van der Waals surface area contributed by atoms with Gasteiger partial charge in [0.05, 0.1) is 17.3 Å². The third kappa shape index (κ3) is 4.90. The maximum Gasteiger partial charge on any atom is 0.135 e. The van der Waals surface area contributed by atoms with E-state index in [1.807, 2.05) is 36.1 Å². The van der Waals surface area contributed by atoms with Crippen molar-refractivity contribution in [2.75, 3.05) is 13.2 Å². The first kappa shape index (κ1) is 21.6. The molecule has 6 rings (SSSR count). The predicted molar refractivity (Wildman–Crippen MR) is 121 cm³/mol. The quantitative estimate of drug-likeness (QED) is 0.420. The first-order valence-corrected chi connectivity index (χ1v) is 11.2. The van der Waals surface area contributed by atoms with Crippen molar-refractivity contribution in [2.45, 2.75) is 44.6 Å². The van der Waals surface area contributed by atoms with Crippen LogP contribution in [-0.2, 0) is 4.74 Å². The molecule has 6 nitrogen and oxygen atoms in total. The van der Waals surface area contributed by atoms with Crippen molar-refractivity contribution in [2.24, 2.45) is 0 Å². The molecule has 4 aromatic rings. The molecular weight excluding hydrogens is 424 g/mol. The first-order chi connectivity index (χ1) is 16.1. The van der Waals surface area contributed by atoms with Gasteiger partial charge in [0.1, 0.15) is 22.8 Å². The number of ether oxygens (including phenoxy) is 1. The molecular formula is C25H25F2N5O. The van der Waals surface area contributed by atoms with Crippen molar-refractivity contribution in [3.63, 3.8) is 0 Å². The van der Waals surface area contributed by atoms with Gasteiger partial charge in [0, 0.05) is 55.0 Å². The summed E-state index contributed by atoms with van der Waals surface area (Å²) in [6.45, 7) is 3.23. The standard InChI is InChI=1S/C19H17F2N3O.C6H8N2/c1-11-10-22-19-17(23-11)9-16(12-4-6-25-7-5-12)24-18(19)14-3-2-13(20)8-15(14)21;1-4-7-8(5-1)6-2-3-6/h2-3,8-10,12H,4-7H2,1H3;1,4-6H,2-3H2. The van der Waals surface area contributed by atoms with Gasteiger partial charge < -0.3 is 4.74 Å². The number of halogens is 2. The number of fused-ring (bicyclic) bond motifs is 1. The molecule has 170 valence electrons.